The van der Waals surface area contributed by atoms with Crippen molar-refractivity contribution in [1.29, 1.82) is 0 Å². The summed E-state index contributed by atoms with van der Waals surface area (Å²) in [6.45, 7) is 4.69. The molecule has 0 aromatic carbocycles. The lowest BCUT2D eigenvalue weighted by Gasteiger charge is -2.33. The lowest BCUT2D eigenvalue weighted by Crippen LogP contribution is -2.48. The van der Waals surface area contributed by atoms with E-state index in [1.807, 2.05) is 0 Å². The van der Waals surface area contributed by atoms with E-state index in [1.165, 1.54) is 32.1 Å². The molecule has 0 aromatic heterocycles. The number of rotatable bonds is 2. The minimum absolute atomic E-state index is 0.512. The molecule has 4 heteroatoms. The van der Waals surface area contributed by atoms with E-state index in [4.69, 9.17) is 5.84 Å². The summed E-state index contributed by atoms with van der Waals surface area (Å²) in [5.41, 5.74) is 2.69. The third-order valence-electron chi connectivity index (χ3n) is 3.93. The van der Waals surface area contributed by atoms with Crippen LogP contribution in [0.1, 0.15) is 46.0 Å². The molecule has 0 aromatic rings. The van der Waals surface area contributed by atoms with Crippen LogP contribution in [0.3, 0.4) is 0 Å². The Kier molecular flexibility index (Phi) is 3.69. The smallest absolute Gasteiger partial charge is 0.206 e. The van der Waals surface area contributed by atoms with E-state index in [2.05, 4.69) is 29.6 Å². The first kappa shape index (κ1) is 11.7. The number of hydrogen-bond acceptors (Lipinski definition) is 2. The van der Waals surface area contributed by atoms with Crippen LogP contribution >= 0.6 is 0 Å². The first-order valence-electron chi connectivity index (χ1n) is 6.50. The Morgan fingerprint density at radius 2 is 1.88 bits per heavy atom. The molecule has 0 amide bonds. The normalized spacial score (nSPS) is 35.9. The Bertz CT molecular complexity index is 260. The molecule has 2 aliphatic carbocycles. The number of nitrogens with one attached hydrogen (secondary N) is 2. The maximum Gasteiger partial charge on any atom is 0.206 e. The predicted molar refractivity (Wildman–Crippen MR) is 66.9 cm³/mol. The molecule has 2 fully saturated rings. The van der Waals surface area contributed by atoms with Crippen molar-refractivity contribution in [3.63, 3.8) is 0 Å². The molecule has 0 radical (unpaired) electrons. The molecule has 4 N–H and O–H groups in total. The molecule has 2 saturated carbocycles. The van der Waals surface area contributed by atoms with Crippen LogP contribution in [-0.2, 0) is 0 Å². The Hall–Kier alpha value is -0.770. The van der Waals surface area contributed by atoms with Crippen LogP contribution in [0.5, 0.6) is 0 Å². The van der Waals surface area contributed by atoms with Crippen molar-refractivity contribution >= 4 is 5.96 Å². The van der Waals surface area contributed by atoms with Gasteiger partial charge in [0.15, 0.2) is 0 Å². The van der Waals surface area contributed by atoms with Crippen molar-refractivity contribution in [2.24, 2.45) is 22.7 Å². The molecule has 16 heavy (non-hydrogen) atoms. The highest BCUT2D eigenvalue weighted by molar-refractivity contribution is 5.79. The maximum atomic E-state index is 5.48. The van der Waals surface area contributed by atoms with Gasteiger partial charge in [0.1, 0.15) is 0 Å². The fourth-order valence-electron chi connectivity index (χ4n) is 2.37. The molecule has 0 saturated heterocycles. The topological polar surface area (TPSA) is 62.4 Å². The van der Waals surface area contributed by atoms with Crippen molar-refractivity contribution in [2.45, 2.75) is 58.0 Å². The van der Waals surface area contributed by atoms with Gasteiger partial charge in [0.2, 0.25) is 5.96 Å². The van der Waals surface area contributed by atoms with Crippen LogP contribution in [0.25, 0.3) is 0 Å². The summed E-state index contributed by atoms with van der Waals surface area (Å²) in [7, 11) is 0. The van der Waals surface area contributed by atoms with Gasteiger partial charge >= 0.3 is 0 Å². The third-order valence-corrected chi connectivity index (χ3v) is 3.93. The quantitative estimate of drug-likeness (QED) is 0.287. The van der Waals surface area contributed by atoms with Gasteiger partial charge < -0.3 is 5.32 Å². The zero-order valence-corrected chi connectivity index (χ0v) is 10.4. The van der Waals surface area contributed by atoms with E-state index in [9.17, 15) is 0 Å². The van der Waals surface area contributed by atoms with Crippen molar-refractivity contribution in [1.82, 2.24) is 10.7 Å². The summed E-state index contributed by atoms with van der Waals surface area (Å²) in [5.74, 6) is 7.92. The number of hydrogen-bond donors (Lipinski definition) is 3. The van der Waals surface area contributed by atoms with Gasteiger partial charge in [-0.25, -0.2) is 10.8 Å². The summed E-state index contributed by atoms with van der Waals surface area (Å²) < 4.78 is 0. The van der Waals surface area contributed by atoms with Gasteiger partial charge in [0, 0.05) is 6.04 Å². The van der Waals surface area contributed by atoms with Crippen molar-refractivity contribution in [3.8, 4) is 0 Å². The van der Waals surface area contributed by atoms with Crippen LogP contribution < -0.4 is 16.6 Å². The standard InChI is InChI=1S/C12H24N4/c1-8-3-4-11(7-9(8)2)15-12(16-13)14-10-5-6-10/h8-11H,3-7,13H2,1-2H3,(H2,14,15,16). The van der Waals surface area contributed by atoms with E-state index in [0.717, 1.165) is 17.8 Å². The summed E-state index contributed by atoms with van der Waals surface area (Å²) in [6, 6.07) is 1.05. The second-order valence-corrected chi connectivity index (χ2v) is 5.46. The van der Waals surface area contributed by atoms with Crippen molar-refractivity contribution in [3.05, 3.63) is 0 Å². The van der Waals surface area contributed by atoms with E-state index < -0.39 is 0 Å². The van der Waals surface area contributed by atoms with E-state index in [1.54, 1.807) is 0 Å². The highest BCUT2D eigenvalue weighted by Gasteiger charge is 2.26. The van der Waals surface area contributed by atoms with Gasteiger partial charge in [0.25, 0.3) is 0 Å². The molecule has 0 spiro atoms. The molecule has 0 aliphatic heterocycles. The highest BCUT2D eigenvalue weighted by Crippen LogP contribution is 2.29. The third kappa shape index (κ3) is 3.11. The van der Waals surface area contributed by atoms with Crippen LogP contribution in [0, 0.1) is 11.8 Å². The van der Waals surface area contributed by atoms with E-state index >= 15 is 0 Å². The van der Waals surface area contributed by atoms with Crippen LogP contribution in [-0.4, -0.2) is 18.0 Å². The largest absolute Gasteiger partial charge is 0.353 e. The predicted octanol–water partition coefficient (Wildman–Crippen LogP) is 1.38. The average molecular weight is 224 g/mol. The lowest BCUT2D eigenvalue weighted by atomic mass is 9.79. The Labute approximate surface area is 98.0 Å². The summed E-state index contributed by atoms with van der Waals surface area (Å²) >= 11 is 0. The van der Waals surface area contributed by atoms with E-state index in [-0.39, 0.29) is 0 Å². The minimum atomic E-state index is 0.512. The van der Waals surface area contributed by atoms with Gasteiger partial charge in [-0.15, -0.1) is 0 Å². The zero-order chi connectivity index (χ0) is 11.5. The van der Waals surface area contributed by atoms with Gasteiger partial charge in [-0.2, -0.15) is 0 Å². The second-order valence-electron chi connectivity index (χ2n) is 5.46. The Balaban J connectivity index is 1.83. The van der Waals surface area contributed by atoms with Crippen LogP contribution in [0.4, 0.5) is 0 Å². The molecule has 92 valence electrons. The Morgan fingerprint density at radius 3 is 2.44 bits per heavy atom. The minimum Gasteiger partial charge on any atom is -0.353 e. The van der Waals surface area contributed by atoms with Crippen molar-refractivity contribution in [2.75, 3.05) is 0 Å². The lowest BCUT2D eigenvalue weighted by molar-refractivity contribution is 0.239. The van der Waals surface area contributed by atoms with Gasteiger partial charge in [0.05, 0.1) is 6.04 Å². The SMILES string of the molecule is CC1CCC(NC(=NC2CC2)NN)CC1C. The molecule has 3 unspecified atom stereocenters. The molecule has 0 heterocycles. The number of nitrogens with zero attached hydrogens (tertiary/aromatic N) is 1. The second kappa shape index (κ2) is 5.04. The van der Waals surface area contributed by atoms with Crippen LogP contribution in [0.15, 0.2) is 4.99 Å². The first-order valence-corrected chi connectivity index (χ1v) is 6.50. The Morgan fingerprint density at radius 1 is 1.12 bits per heavy atom. The van der Waals surface area contributed by atoms with Gasteiger partial charge in [-0.05, 0) is 43.9 Å². The van der Waals surface area contributed by atoms with Gasteiger partial charge in [-0.1, -0.05) is 13.8 Å². The maximum absolute atomic E-state index is 5.48. The summed E-state index contributed by atoms with van der Waals surface area (Å²) in [5, 5.41) is 3.44. The summed E-state index contributed by atoms with van der Waals surface area (Å²) in [4.78, 5) is 4.51. The average Bonchev–Trinajstić information content (AvgIpc) is 3.06. The number of hydrazine groups is 1. The van der Waals surface area contributed by atoms with E-state index in [0.29, 0.717) is 12.1 Å². The van der Waals surface area contributed by atoms with Crippen molar-refractivity contribution < 1.29 is 0 Å². The molecule has 3 atom stereocenters. The molecular formula is C12H24N4. The molecule has 4 nitrogen and oxygen atoms in total. The molecular weight excluding hydrogens is 200 g/mol. The molecule has 2 rings (SSSR count). The summed E-state index contributed by atoms with van der Waals surface area (Å²) in [6.07, 6.45) is 6.19. The number of aliphatic imine (C=N–C) groups is 1. The first-order chi connectivity index (χ1) is 7.69. The van der Waals surface area contributed by atoms with Gasteiger partial charge in [-0.3, -0.25) is 5.43 Å². The monoisotopic (exact) mass is 224 g/mol. The molecule has 0 bridgehead atoms. The fourth-order valence-corrected chi connectivity index (χ4v) is 2.37. The highest BCUT2D eigenvalue weighted by atomic mass is 15.3. The zero-order valence-electron chi connectivity index (χ0n) is 10.4. The number of guanidine groups is 1. The van der Waals surface area contributed by atoms with Crippen LogP contribution in [0.2, 0.25) is 0 Å². The fraction of sp³-hybridized carbons (Fsp3) is 0.917. The number of nitrogens with two attached hydrogens (primary N) is 1. The molecule has 2 aliphatic rings.